The summed E-state index contributed by atoms with van der Waals surface area (Å²) < 4.78 is 18.5. The highest BCUT2D eigenvalue weighted by Crippen LogP contribution is 2.26. The number of carbonyl (C=O) groups excluding carboxylic acids is 1. The van der Waals surface area contributed by atoms with E-state index in [1.54, 1.807) is 12.1 Å². The van der Waals surface area contributed by atoms with Gasteiger partial charge in [-0.3, -0.25) is 4.79 Å². The van der Waals surface area contributed by atoms with Crippen molar-refractivity contribution in [2.45, 2.75) is 33.1 Å². The monoisotopic (exact) mass is 276 g/mol. The Balaban J connectivity index is 2.04. The fourth-order valence-corrected chi connectivity index (χ4v) is 2.34. The molecule has 0 aliphatic rings. The molecule has 106 valence electrons. The fraction of sp³-hybridized carbons (Fsp3) is 0.333. The zero-order valence-corrected chi connectivity index (χ0v) is 11.7. The average molecular weight is 276 g/mol. The molecule has 2 rings (SSSR count). The van der Waals surface area contributed by atoms with Gasteiger partial charge in [0.25, 0.3) is 0 Å². The molecular weight excluding hydrogens is 259 g/mol. The van der Waals surface area contributed by atoms with Crippen LogP contribution < -0.4 is 5.32 Å². The standard InChI is InChI=1S/C15H17FN2O2/c1-9(15-10(2)18-20-11(15)3)8-14(19)17-13-7-5-4-6-12(13)16/h4-7,9H,8H2,1-3H3,(H,17,19). The minimum Gasteiger partial charge on any atom is -0.361 e. The van der Waals surface area contributed by atoms with Crippen LogP contribution in [0.4, 0.5) is 10.1 Å². The van der Waals surface area contributed by atoms with E-state index < -0.39 is 5.82 Å². The molecule has 0 saturated carbocycles. The number of anilines is 1. The van der Waals surface area contributed by atoms with Gasteiger partial charge in [0.05, 0.1) is 11.4 Å². The van der Waals surface area contributed by atoms with Crippen molar-refractivity contribution < 1.29 is 13.7 Å². The number of aromatic nitrogens is 1. The van der Waals surface area contributed by atoms with Gasteiger partial charge in [0, 0.05) is 12.0 Å². The Kier molecular flexibility index (Phi) is 4.17. The molecule has 2 aromatic rings. The molecule has 0 spiro atoms. The number of hydrogen-bond acceptors (Lipinski definition) is 3. The molecule has 0 fully saturated rings. The molecule has 0 radical (unpaired) electrons. The third kappa shape index (κ3) is 3.04. The van der Waals surface area contributed by atoms with E-state index in [1.165, 1.54) is 12.1 Å². The number of para-hydroxylation sites is 1. The molecule has 1 N–H and O–H groups in total. The van der Waals surface area contributed by atoms with Gasteiger partial charge in [-0.05, 0) is 31.9 Å². The normalized spacial score (nSPS) is 12.2. The number of nitrogens with zero attached hydrogens (tertiary/aromatic N) is 1. The summed E-state index contributed by atoms with van der Waals surface area (Å²) in [4.78, 5) is 12.0. The molecule has 0 aliphatic heterocycles. The smallest absolute Gasteiger partial charge is 0.225 e. The molecule has 4 nitrogen and oxygen atoms in total. The summed E-state index contributed by atoms with van der Waals surface area (Å²) in [5.74, 6) is 0.00940. The maximum atomic E-state index is 13.4. The SMILES string of the molecule is Cc1noc(C)c1C(C)CC(=O)Nc1ccccc1F. The fourth-order valence-electron chi connectivity index (χ4n) is 2.34. The van der Waals surface area contributed by atoms with Crippen LogP contribution in [0.3, 0.4) is 0 Å². The van der Waals surface area contributed by atoms with Crippen LogP contribution in [0.1, 0.15) is 36.3 Å². The van der Waals surface area contributed by atoms with Crippen LogP contribution in [0.25, 0.3) is 0 Å². The zero-order chi connectivity index (χ0) is 14.7. The molecule has 1 heterocycles. The van der Waals surface area contributed by atoms with Crippen LogP contribution in [-0.4, -0.2) is 11.1 Å². The Morgan fingerprint density at radius 1 is 1.40 bits per heavy atom. The van der Waals surface area contributed by atoms with Crippen molar-refractivity contribution in [2.24, 2.45) is 0 Å². The lowest BCUT2D eigenvalue weighted by Crippen LogP contribution is -2.15. The van der Waals surface area contributed by atoms with Crippen LogP contribution in [0.5, 0.6) is 0 Å². The number of aryl methyl sites for hydroxylation is 2. The van der Waals surface area contributed by atoms with Gasteiger partial charge in [-0.1, -0.05) is 24.2 Å². The van der Waals surface area contributed by atoms with E-state index in [9.17, 15) is 9.18 Å². The van der Waals surface area contributed by atoms with Gasteiger partial charge in [0.2, 0.25) is 5.91 Å². The van der Waals surface area contributed by atoms with Crippen molar-refractivity contribution >= 4 is 11.6 Å². The van der Waals surface area contributed by atoms with Gasteiger partial charge in [-0.15, -0.1) is 0 Å². The number of carbonyl (C=O) groups is 1. The van der Waals surface area contributed by atoms with Crippen molar-refractivity contribution in [2.75, 3.05) is 5.32 Å². The first-order chi connectivity index (χ1) is 9.49. The lowest BCUT2D eigenvalue weighted by atomic mass is 9.96. The van der Waals surface area contributed by atoms with Gasteiger partial charge in [-0.2, -0.15) is 0 Å². The summed E-state index contributed by atoms with van der Waals surface area (Å²) in [5.41, 5.74) is 1.92. The van der Waals surface area contributed by atoms with Crippen LogP contribution in [0.2, 0.25) is 0 Å². The van der Waals surface area contributed by atoms with Crippen molar-refractivity contribution in [3.8, 4) is 0 Å². The van der Waals surface area contributed by atoms with Crippen LogP contribution in [-0.2, 0) is 4.79 Å². The van der Waals surface area contributed by atoms with E-state index in [2.05, 4.69) is 10.5 Å². The molecule has 1 atom stereocenters. The summed E-state index contributed by atoms with van der Waals surface area (Å²) in [6, 6.07) is 6.11. The summed E-state index contributed by atoms with van der Waals surface area (Å²) in [7, 11) is 0. The first-order valence-electron chi connectivity index (χ1n) is 6.46. The second kappa shape index (κ2) is 5.86. The third-order valence-electron chi connectivity index (χ3n) is 3.22. The quantitative estimate of drug-likeness (QED) is 0.928. The highest BCUT2D eigenvalue weighted by atomic mass is 19.1. The Hall–Kier alpha value is -2.17. The van der Waals surface area contributed by atoms with Crippen molar-refractivity contribution in [1.29, 1.82) is 0 Å². The highest BCUT2D eigenvalue weighted by molar-refractivity contribution is 5.91. The van der Waals surface area contributed by atoms with Gasteiger partial charge >= 0.3 is 0 Å². The molecule has 1 aromatic heterocycles. The first-order valence-corrected chi connectivity index (χ1v) is 6.46. The minimum absolute atomic E-state index is 0.0342. The van der Waals surface area contributed by atoms with Crippen LogP contribution in [0.15, 0.2) is 28.8 Å². The molecule has 1 unspecified atom stereocenters. The Morgan fingerprint density at radius 2 is 2.10 bits per heavy atom. The molecule has 1 aromatic carbocycles. The van der Waals surface area contributed by atoms with Gasteiger partial charge in [0.15, 0.2) is 0 Å². The lowest BCUT2D eigenvalue weighted by molar-refractivity contribution is -0.116. The number of amides is 1. The number of nitrogens with one attached hydrogen (secondary N) is 1. The van der Waals surface area contributed by atoms with E-state index in [-0.39, 0.29) is 23.9 Å². The Labute approximate surface area is 117 Å². The molecular formula is C15H17FN2O2. The second-order valence-corrected chi connectivity index (χ2v) is 4.87. The lowest BCUT2D eigenvalue weighted by Gasteiger charge is -2.11. The van der Waals surface area contributed by atoms with Gasteiger partial charge < -0.3 is 9.84 Å². The average Bonchev–Trinajstić information content (AvgIpc) is 2.72. The molecule has 0 saturated heterocycles. The van der Waals surface area contributed by atoms with E-state index >= 15 is 0 Å². The first kappa shape index (κ1) is 14.2. The van der Waals surface area contributed by atoms with E-state index in [4.69, 9.17) is 4.52 Å². The van der Waals surface area contributed by atoms with Gasteiger partial charge in [0.1, 0.15) is 11.6 Å². The van der Waals surface area contributed by atoms with Crippen LogP contribution in [0, 0.1) is 19.7 Å². The van der Waals surface area contributed by atoms with E-state index in [0.717, 1.165) is 11.3 Å². The van der Waals surface area contributed by atoms with Crippen molar-refractivity contribution in [1.82, 2.24) is 5.16 Å². The Bertz CT molecular complexity index is 603. The molecule has 20 heavy (non-hydrogen) atoms. The van der Waals surface area contributed by atoms with Crippen LogP contribution >= 0.6 is 0 Å². The second-order valence-electron chi connectivity index (χ2n) is 4.87. The molecule has 5 heteroatoms. The van der Waals surface area contributed by atoms with Gasteiger partial charge in [-0.25, -0.2) is 4.39 Å². The minimum atomic E-state index is -0.439. The third-order valence-corrected chi connectivity index (χ3v) is 3.22. The van der Waals surface area contributed by atoms with E-state index in [0.29, 0.717) is 5.76 Å². The zero-order valence-electron chi connectivity index (χ0n) is 11.7. The molecule has 1 amide bonds. The predicted molar refractivity (Wildman–Crippen MR) is 74.0 cm³/mol. The van der Waals surface area contributed by atoms with Crippen molar-refractivity contribution in [3.05, 3.63) is 47.1 Å². The summed E-state index contributed by atoms with van der Waals surface area (Å²) in [6.07, 6.45) is 0.247. The molecule has 0 bridgehead atoms. The predicted octanol–water partition coefficient (Wildman–Crippen LogP) is 3.56. The number of halogens is 1. The maximum Gasteiger partial charge on any atom is 0.225 e. The molecule has 0 aliphatic carbocycles. The number of hydrogen-bond donors (Lipinski definition) is 1. The summed E-state index contributed by atoms with van der Waals surface area (Å²) in [6.45, 7) is 5.59. The largest absolute Gasteiger partial charge is 0.361 e. The summed E-state index contributed by atoms with van der Waals surface area (Å²) >= 11 is 0. The Morgan fingerprint density at radius 3 is 2.70 bits per heavy atom. The van der Waals surface area contributed by atoms with E-state index in [1.807, 2.05) is 20.8 Å². The topological polar surface area (TPSA) is 55.1 Å². The maximum absolute atomic E-state index is 13.4. The number of benzene rings is 1. The summed E-state index contributed by atoms with van der Waals surface area (Å²) in [5, 5.41) is 6.45. The number of rotatable bonds is 4. The highest BCUT2D eigenvalue weighted by Gasteiger charge is 2.19. The van der Waals surface area contributed by atoms with Crippen molar-refractivity contribution in [3.63, 3.8) is 0 Å².